The quantitative estimate of drug-likeness (QED) is 0.178. The van der Waals surface area contributed by atoms with E-state index in [4.69, 9.17) is 0 Å². The highest BCUT2D eigenvalue weighted by Gasteiger charge is 2.47. The molecule has 8 aromatic carbocycles. The average Bonchev–Trinajstić information content (AvgIpc) is 3.82. The molecule has 0 saturated carbocycles. The highest BCUT2D eigenvalue weighted by Crippen LogP contribution is 2.59. The minimum absolute atomic E-state index is 0.273. The van der Waals surface area contributed by atoms with Gasteiger partial charge >= 0.3 is 0 Å². The molecule has 2 aromatic heterocycles. The Morgan fingerprint density at radius 1 is 0.385 bits per heavy atom. The monoisotopic (exact) mass is 660 g/mol. The average molecular weight is 661 g/mol. The number of benzene rings is 8. The Morgan fingerprint density at radius 2 is 1.02 bits per heavy atom. The highest BCUT2D eigenvalue weighted by atomic mass is 15.0. The molecular weight excluding hydrogens is 629 g/mol. The number of nitrogens with zero attached hydrogens (tertiary/aromatic N) is 2. The van der Waals surface area contributed by atoms with Crippen LogP contribution in [0.1, 0.15) is 23.6 Å². The lowest BCUT2D eigenvalue weighted by Gasteiger charge is -2.36. The zero-order valence-corrected chi connectivity index (χ0v) is 28.6. The van der Waals surface area contributed by atoms with Gasteiger partial charge in [-0.25, -0.2) is 0 Å². The molecule has 1 aliphatic carbocycles. The predicted octanol–water partition coefficient (Wildman–Crippen LogP) is 12.9. The molecule has 0 N–H and O–H groups in total. The fraction of sp³-hybridized carbons (Fsp3) is 0.0400. The first kappa shape index (κ1) is 28.1. The second-order valence-electron chi connectivity index (χ2n) is 14.6. The number of fused-ring (bicyclic) bond motifs is 11. The van der Waals surface area contributed by atoms with Crippen LogP contribution in [0.3, 0.4) is 0 Å². The largest absolute Gasteiger partial charge is 0.309 e. The lowest BCUT2D eigenvalue weighted by atomic mass is 9.71. The molecule has 2 heteroatoms. The molecule has 0 fully saturated rings. The van der Waals surface area contributed by atoms with Gasteiger partial charge in [0, 0.05) is 32.6 Å². The minimum Gasteiger partial charge on any atom is -0.309 e. The van der Waals surface area contributed by atoms with Gasteiger partial charge in [0.1, 0.15) is 0 Å². The first-order chi connectivity index (χ1) is 25.7. The fourth-order valence-corrected chi connectivity index (χ4v) is 9.83. The van der Waals surface area contributed by atoms with Gasteiger partial charge in [0.2, 0.25) is 0 Å². The van der Waals surface area contributed by atoms with Gasteiger partial charge in [-0.1, -0.05) is 121 Å². The van der Waals surface area contributed by atoms with Crippen LogP contribution in [-0.4, -0.2) is 9.13 Å². The normalized spacial score (nSPS) is 15.5. The van der Waals surface area contributed by atoms with Crippen LogP contribution in [0.25, 0.3) is 88.4 Å². The Kier molecular flexibility index (Phi) is 5.40. The second-order valence-corrected chi connectivity index (χ2v) is 14.6. The first-order valence-corrected chi connectivity index (χ1v) is 18.2. The molecular formula is C50H32N2. The van der Waals surface area contributed by atoms with E-state index in [2.05, 4.69) is 192 Å². The maximum Gasteiger partial charge on any atom is 0.0586 e. The third kappa shape index (κ3) is 3.49. The molecule has 1 aliphatic heterocycles. The summed E-state index contributed by atoms with van der Waals surface area (Å²) in [6.45, 7) is 2.46. The summed E-state index contributed by atoms with van der Waals surface area (Å²) in [4.78, 5) is 0. The lowest BCUT2D eigenvalue weighted by Crippen LogP contribution is -2.28. The third-order valence-electron chi connectivity index (χ3n) is 12.1. The molecule has 10 aromatic rings. The third-order valence-corrected chi connectivity index (χ3v) is 12.1. The minimum atomic E-state index is -0.273. The number of hydrogen-bond donors (Lipinski definition) is 0. The van der Waals surface area contributed by atoms with Crippen LogP contribution < -0.4 is 0 Å². The van der Waals surface area contributed by atoms with Crippen molar-refractivity contribution < 1.29 is 0 Å². The van der Waals surface area contributed by atoms with Crippen LogP contribution in [-0.2, 0) is 5.41 Å². The summed E-state index contributed by atoms with van der Waals surface area (Å²) in [7, 11) is 0. The van der Waals surface area contributed by atoms with Gasteiger partial charge in [0.25, 0.3) is 0 Å². The van der Waals surface area contributed by atoms with E-state index in [1.54, 1.807) is 0 Å². The Hall–Kier alpha value is -6.64. The van der Waals surface area contributed by atoms with E-state index in [9.17, 15) is 0 Å². The maximum atomic E-state index is 2.54. The van der Waals surface area contributed by atoms with Crippen LogP contribution >= 0.6 is 0 Å². The smallest absolute Gasteiger partial charge is 0.0586 e. The number of rotatable bonds is 3. The molecule has 0 amide bonds. The van der Waals surface area contributed by atoms with Gasteiger partial charge < -0.3 is 9.13 Å². The molecule has 3 heterocycles. The van der Waals surface area contributed by atoms with Crippen LogP contribution in [0.2, 0.25) is 0 Å². The highest BCUT2D eigenvalue weighted by molar-refractivity contribution is 6.15. The van der Waals surface area contributed by atoms with Gasteiger partial charge in [-0.3, -0.25) is 0 Å². The zero-order chi connectivity index (χ0) is 34.1. The van der Waals surface area contributed by atoms with Crippen LogP contribution in [0.5, 0.6) is 0 Å². The first-order valence-electron chi connectivity index (χ1n) is 18.2. The van der Waals surface area contributed by atoms with Crippen molar-refractivity contribution in [2.45, 2.75) is 12.3 Å². The van der Waals surface area contributed by atoms with E-state index in [1.165, 1.54) is 105 Å². The molecule has 242 valence electrons. The topological polar surface area (TPSA) is 9.86 Å². The molecule has 0 radical (unpaired) electrons. The zero-order valence-electron chi connectivity index (χ0n) is 28.6. The molecule has 52 heavy (non-hydrogen) atoms. The van der Waals surface area contributed by atoms with Gasteiger partial charge in [0.15, 0.2) is 0 Å². The van der Waals surface area contributed by atoms with E-state index >= 15 is 0 Å². The van der Waals surface area contributed by atoms with Crippen molar-refractivity contribution in [3.8, 4) is 44.8 Å². The summed E-state index contributed by atoms with van der Waals surface area (Å²) >= 11 is 0. The number of hydrogen-bond acceptors (Lipinski definition) is 0. The van der Waals surface area contributed by atoms with E-state index in [0.29, 0.717) is 0 Å². The van der Waals surface area contributed by atoms with Crippen molar-refractivity contribution in [2.24, 2.45) is 0 Å². The summed E-state index contributed by atoms with van der Waals surface area (Å²) in [5.41, 5.74) is 19.0. The molecule has 2 nitrogen and oxygen atoms in total. The Bertz CT molecular complexity index is 3140. The summed E-state index contributed by atoms with van der Waals surface area (Å²) < 4.78 is 4.97. The molecule has 0 saturated heterocycles. The molecule has 0 spiro atoms. The summed E-state index contributed by atoms with van der Waals surface area (Å²) in [6.07, 6.45) is 0. The van der Waals surface area contributed by atoms with Crippen molar-refractivity contribution >= 4 is 43.6 Å². The number of aromatic nitrogens is 2. The van der Waals surface area contributed by atoms with E-state index in [-0.39, 0.29) is 5.41 Å². The lowest BCUT2D eigenvalue weighted by molar-refractivity contribution is 0.700. The van der Waals surface area contributed by atoms with E-state index < -0.39 is 0 Å². The van der Waals surface area contributed by atoms with Gasteiger partial charge in [-0.2, -0.15) is 0 Å². The Labute approximate surface area is 301 Å². The van der Waals surface area contributed by atoms with Crippen molar-refractivity contribution in [2.75, 3.05) is 0 Å². The molecule has 0 bridgehead atoms. The standard InChI is InChI=1S/C50H32N2/c1-50-42-21-8-5-17-36(42)39-20-12-24-47(48(39)50)52-45-23-10-7-19-38(45)41-29-34(30-43(50)49(41)52)33-25-26-46-40(28-33)37-18-6-9-22-44(37)51(46)35-16-11-15-32(27-35)31-13-3-2-4-14-31/h2-30H,1H3. The van der Waals surface area contributed by atoms with Crippen molar-refractivity contribution in [1.29, 1.82) is 0 Å². The number of para-hydroxylation sites is 2. The maximum absolute atomic E-state index is 2.54. The van der Waals surface area contributed by atoms with Crippen molar-refractivity contribution in [3.63, 3.8) is 0 Å². The van der Waals surface area contributed by atoms with Crippen molar-refractivity contribution in [3.05, 3.63) is 193 Å². The van der Waals surface area contributed by atoms with E-state index in [1.807, 2.05) is 0 Å². The van der Waals surface area contributed by atoms with Crippen LogP contribution in [0.15, 0.2) is 176 Å². The van der Waals surface area contributed by atoms with E-state index in [0.717, 1.165) is 0 Å². The molecule has 12 rings (SSSR count). The molecule has 1 atom stereocenters. The Morgan fingerprint density at radius 3 is 1.88 bits per heavy atom. The molecule has 1 unspecified atom stereocenters. The molecule has 2 aliphatic rings. The van der Waals surface area contributed by atoms with Gasteiger partial charge in [0.05, 0.1) is 27.8 Å². The van der Waals surface area contributed by atoms with Gasteiger partial charge in [-0.15, -0.1) is 0 Å². The summed E-state index contributed by atoms with van der Waals surface area (Å²) in [6, 6.07) is 65.3. The SMILES string of the molecule is CC12c3ccccc3-c3cccc(c31)-n1c3ccccc3c3cc(-c4ccc5c(c4)c4ccccc4n5-c4cccc(-c5ccccc5)c4)cc2c31. The fourth-order valence-electron chi connectivity index (χ4n) is 9.83. The predicted molar refractivity (Wildman–Crippen MR) is 217 cm³/mol. The van der Waals surface area contributed by atoms with Gasteiger partial charge in [-0.05, 0) is 112 Å². The Balaban J connectivity index is 1.13. The van der Waals surface area contributed by atoms with Crippen LogP contribution in [0, 0.1) is 0 Å². The summed E-state index contributed by atoms with van der Waals surface area (Å²) in [5.74, 6) is 0. The van der Waals surface area contributed by atoms with Crippen LogP contribution in [0.4, 0.5) is 0 Å². The van der Waals surface area contributed by atoms with Crippen molar-refractivity contribution in [1.82, 2.24) is 9.13 Å². The second kappa shape index (κ2) is 9.99. The summed E-state index contributed by atoms with van der Waals surface area (Å²) in [5, 5.41) is 5.13.